The van der Waals surface area contributed by atoms with Crippen molar-refractivity contribution in [1.82, 2.24) is 9.88 Å². The molecule has 1 aliphatic rings. The van der Waals surface area contributed by atoms with E-state index in [-0.39, 0.29) is 29.7 Å². The molecule has 6 heteroatoms. The standard InChI is InChI=1S/C23H29N3O3/c1-15(23(29)26(2)19-8-10-20(27)11-9-19)18-6-3-16(4-7-18)13-17-5-12-21(22(24)28)25-14-17/h3-7,12,14-15,19-20,27H,8-11,13H2,1-2H3,(H2,24,28). The van der Waals surface area contributed by atoms with Gasteiger partial charge >= 0.3 is 0 Å². The van der Waals surface area contributed by atoms with Gasteiger partial charge in [0.2, 0.25) is 5.91 Å². The third-order valence-corrected chi connectivity index (χ3v) is 5.90. The van der Waals surface area contributed by atoms with Crippen LogP contribution in [-0.4, -0.2) is 46.0 Å². The number of rotatable bonds is 6. The van der Waals surface area contributed by atoms with E-state index in [0.717, 1.165) is 42.4 Å². The molecule has 0 saturated heterocycles. The fourth-order valence-corrected chi connectivity index (χ4v) is 3.91. The van der Waals surface area contributed by atoms with E-state index in [2.05, 4.69) is 4.98 Å². The molecule has 1 saturated carbocycles. The van der Waals surface area contributed by atoms with Crippen molar-refractivity contribution >= 4 is 11.8 Å². The van der Waals surface area contributed by atoms with Gasteiger partial charge in [-0.3, -0.25) is 14.6 Å². The van der Waals surface area contributed by atoms with Gasteiger partial charge in [-0.15, -0.1) is 0 Å². The lowest BCUT2D eigenvalue weighted by atomic mass is 9.90. The van der Waals surface area contributed by atoms with Crippen molar-refractivity contribution in [2.45, 2.75) is 57.1 Å². The summed E-state index contributed by atoms with van der Waals surface area (Å²) in [6, 6.07) is 11.7. The van der Waals surface area contributed by atoms with E-state index in [1.54, 1.807) is 12.3 Å². The highest BCUT2D eigenvalue weighted by molar-refractivity contribution is 5.90. The fourth-order valence-electron chi connectivity index (χ4n) is 3.91. The molecule has 1 fully saturated rings. The van der Waals surface area contributed by atoms with E-state index >= 15 is 0 Å². The summed E-state index contributed by atoms with van der Waals surface area (Å²) in [6.45, 7) is 1.94. The molecule has 1 atom stereocenters. The van der Waals surface area contributed by atoms with E-state index in [9.17, 15) is 14.7 Å². The van der Waals surface area contributed by atoms with E-state index < -0.39 is 5.91 Å². The molecule has 29 heavy (non-hydrogen) atoms. The maximum absolute atomic E-state index is 12.9. The average molecular weight is 396 g/mol. The second kappa shape index (κ2) is 9.18. The summed E-state index contributed by atoms with van der Waals surface area (Å²) in [5.74, 6) is -0.628. The van der Waals surface area contributed by atoms with Crippen LogP contribution >= 0.6 is 0 Å². The molecule has 1 aliphatic carbocycles. The number of nitrogens with two attached hydrogens (primary N) is 1. The number of aliphatic hydroxyl groups excluding tert-OH is 1. The van der Waals surface area contributed by atoms with Crippen LogP contribution in [0.25, 0.3) is 0 Å². The van der Waals surface area contributed by atoms with Gasteiger partial charge in [-0.2, -0.15) is 0 Å². The lowest BCUT2D eigenvalue weighted by Crippen LogP contribution is -2.42. The number of primary amides is 1. The van der Waals surface area contributed by atoms with Gasteiger partial charge < -0.3 is 15.7 Å². The second-order valence-corrected chi connectivity index (χ2v) is 7.97. The number of benzene rings is 1. The predicted octanol–water partition coefficient (Wildman–Crippen LogP) is 2.64. The monoisotopic (exact) mass is 395 g/mol. The highest BCUT2D eigenvalue weighted by Gasteiger charge is 2.28. The maximum Gasteiger partial charge on any atom is 0.267 e. The van der Waals surface area contributed by atoms with Crippen LogP contribution in [0.15, 0.2) is 42.6 Å². The number of aromatic nitrogens is 1. The van der Waals surface area contributed by atoms with Gasteiger partial charge in [0.25, 0.3) is 5.91 Å². The van der Waals surface area contributed by atoms with E-state index in [4.69, 9.17) is 5.73 Å². The molecule has 3 rings (SSSR count). The Bertz CT molecular complexity index is 841. The molecule has 1 heterocycles. The number of carbonyl (C=O) groups excluding carboxylic acids is 2. The SMILES string of the molecule is CC(C(=O)N(C)C1CCC(O)CC1)c1ccc(Cc2ccc(C(N)=O)nc2)cc1. The average Bonchev–Trinajstić information content (AvgIpc) is 2.73. The lowest BCUT2D eigenvalue weighted by molar-refractivity contribution is -0.134. The van der Waals surface area contributed by atoms with Gasteiger partial charge in [0.1, 0.15) is 5.69 Å². The maximum atomic E-state index is 12.9. The molecule has 0 aliphatic heterocycles. The number of nitrogens with zero attached hydrogens (tertiary/aromatic N) is 2. The van der Waals surface area contributed by atoms with Gasteiger partial charge in [0.15, 0.2) is 0 Å². The second-order valence-electron chi connectivity index (χ2n) is 7.97. The Hall–Kier alpha value is -2.73. The van der Waals surface area contributed by atoms with Crippen molar-refractivity contribution in [3.05, 3.63) is 65.0 Å². The number of pyridine rings is 1. The summed E-state index contributed by atoms with van der Waals surface area (Å²) in [7, 11) is 1.87. The lowest BCUT2D eigenvalue weighted by Gasteiger charge is -2.34. The van der Waals surface area contributed by atoms with Crippen molar-refractivity contribution in [3.8, 4) is 0 Å². The van der Waals surface area contributed by atoms with Crippen molar-refractivity contribution in [2.24, 2.45) is 5.73 Å². The summed E-state index contributed by atoms with van der Waals surface area (Å²) in [4.78, 5) is 29.9. The Kier molecular flexibility index (Phi) is 6.64. The van der Waals surface area contributed by atoms with E-state index in [1.807, 2.05) is 49.2 Å². The smallest absolute Gasteiger partial charge is 0.267 e. The zero-order chi connectivity index (χ0) is 21.0. The molecule has 2 amide bonds. The molecule has 3 N–H and O–H groups in total. The normalized spacial score (nSPS) is 20.1. The number of aliphatic hydroxyl groups is 1. The van der Waals surface area contributed by atoms with Crippen LogP contribution in [0.4, 0.5) is 0 Å². The van der Waals surface area contributed by atoms with Crippen LogP contribution < -0.4 is 5.73 Å². The molecule has 0 bridgehead atoms. The number of hydrogen-bond acceptors (Lipinski definition) is 4. The highest BCUT2D eigenvalue weighted by Crippen LogP contribution is 2.26. The Labute approximate surface area is 171 Å². The van der Waals surface area contributed by atoms with Crippen LogP contribution in [0, 0.1) is 0 Å². The zero-order valence-corrected chi connectivity index (χ0v) is 17.0. The molecule has 6 nitrogen and oxygen atoms in total. The Morgan fingerprint density at radius 1 is 1.10 bits per heavy atom. The highest BCUT2D eigenvalue weighted by atomic mass is 16.3. The topological polar surface area (TPSA) is 96.5 Å². The minimum absolute atomic E-state index is 0.116. The molecule has 2 aromatic rings. The predicted molar refractivity (Wildman–Crippen MR) is 111 cm³/mol. The molecule has 1 unspecified atom stereocenters. The van der Waals surface area contributed by atoms with Crippen molar-refractivity contribution in [1.29, 1.82) is 0 Å². The molecular formula is C23H29N3O3. The molecule has 0 spiro atoms. The van der Waals surface area contributed by atoms with Crippen LogP contribution in [0.5, 0.6) is 0 Å². The number of carbonyl (C=O) groups is 2. The molecule has 1 aromatic carbocycles. The van der Waals surface area contributed by atoms with Gasteiger partial charge in [-0.05, 0) is 61.8 Å². The van der Waals surface area contributed by atoms with E-state index in [1.165, 1.54) is 0 Å². The summed E-state index contributed by atoms with van der Waals surface area (Å²) in [5.41, 5.74) is 8.56. The Morgan fingerprint density at radius 3 is 2.28 bits per heavy atom. The van der Waals surface area contributed by atoms with Gasteiger partial charge in [0.05, 0.1) is 12.0 Å². The number of likely N-dealkylation sites (N-methyl/N-ethyl adjacent to an activating group) is 1. The Morgan fingerprint density at radius 2 is 1.72 bits per heavy atom. The van der Waals surface area contributed by atoms with Crippen LogP contribution in [0.2, 0.25) is 0 Å². The minimum atomic E-state index is -0.533. The molecule has 154 valence electrons. The van der Waals surface area contributed by atoms with E-state index in [0.29, 0.717) is 6.42 Å². The van der Waals surface area contributed by atoms with Crippen LogP contribution in [0.1, 0.15) is 65.7 Å². The summed E-state index contributed by atoms with van der Waals surface area (Å²) in [5, 5.41) is 9.68. The number of hydrogen-bond donors (Lipinski definition) is 2. The van der Waals surface area contributed by atoms with Gasteiger partial charge in [-0.1, -0.05) is 30.3 Å². The first-order valence-corrected chi connectivity index (χ1v) is 10.1. The Balaban J connectivity index is 1.61. The molecule has 1 aromatic heterocycles. The van der Waals surface area contributed by atoms with Gasteiger partial charge in [0, 0.05) is 19.3 Å². The minimum Gasteiger partial charge on any atom is -0.393 e. The summed E-state index contributed by atoms with van der Waals surface area (Å²) >= 11 is 0. The molecule has 0 radical (unpaired) electrons. The van der Waals surface area contributed by atoms with Crippen molar-refractivity contribution in [2.75, 3.05) is 7.05 Å². The van der Waals surface area contributed by atoms with Gasteiger partial charge in [-0.25, -0.2) is 0 Å². The summed E-state index contributed by atoms with van der Waals surface area (Å²) < 4.78 is 0. The quantitative estimate of drug-likeness (QED) is 0.786. The first kappa shape index (κ1) is 21.0. The van der Waals surface area contributed by atoms with Crippen molar-refractivity contribution in [3.63, 3.8) is 0 Å². The van der Waals surface area contributed by atoms with Crippen molar-refractivity contribution < 1.29 is 14.7 Å². The largest absolute Gasteiger partial charge is 0.393 e. The molecular weight excluding hydrogens is 366 g/mol. The zero-order valence-electron chi connectivity index (χ0n) is 17.0. The first-order valence-electron chi connectivity index (χ1n) is 10.1. The van der Waals surface area contributed by atoms with Crippen LogP contribution in [0.3, 0.4) is 0 Å². The first-order chi connectivity index (χ1) is 13.8. The summed E-state index contributed by atoms with van der Waals surface area (Å²) in [6.07, 6.45) is 5.38. The number of amides is 2. The third kappa shape index (κ3) is 5.21. The fraction of sp³-hybridized carbons (Fsp3) is 0.435. The van der Waals surface area contributed by atoms with Crippen LogP contribution in [-0.2, 0) is 11.2 Å². The third-order valence-electron chi connectivity index (χ3n) is 5.90.